The van der Waals surface area contributed by atoms with E-state index >= 15 is 0 Å². The van der Waals surface area contributed by atoms with Gasteiger partial charge in [-0.05, 0) is 18.3 Å². The zero-order valence-corrected chi connectivity index (χ0v) is 10.7. The predicted molar refractivity (Wildman–Crippen MR) is 66.7 cm³/mol. The predicted octanol–water partition coefficient (Wildman–Crippen LogP) is 3.15. The second-order valence-electron chi connectivity index (χ2n) is 5.42. The molecule has 2 rings (SSSR count). The van der Waals surface area contributed by atoms with Crippen LogP contribution in [0, 0.1) is 27.2 Å². The van der Waals surface area contributed by atoms with Crippen LogP contribution in [0.2, 0.25) is 0 Å². The van der Waals surface area contributed by atoms with E-state index in [0.29, 0.717) is 6.07 Å². The van der Waals surface area contributed by atoms with Crippen LogP contribution in [0.3, 0.4) is 0 Å². The van der Waals surface area contributed by atoms with E-state index in [-0.39, 0.29) is 17.5 Å². The number of rotatable bonds is 5. The summed E-state index contributed by atoms with van der Waals surface area (Å²) in [6, 6.07) is 1.53. The van der Waals surface area contributed by atoms with Crippen molar-refractivity contribution in [3.05, 3.63) is 39.4 Å². The number of nitrogens with one attached hydrogen (secondary N) is 1. The van der Waals surface area contributed by atoms with Crippen molar-refractivity contribution in [2.45, 2.75) is 32.7 Å². The molecule has 104 valence electrons. The SMILES string of the molecule is CC1(CNCc2cc([N+](=O)[O-])c(F)cc2F)CCC1. The van der Waals surface area contributed by atoms with E-state index in [4.69, 9.17) is 0 Å². The van der Waals surface area contributed by atoms with Gasteiger partial charge in [0.15, 0.2) is 0 Å². The third kappa shape index (κ3) is 3.07. The van der Waals surface area contributed by atoms with Gasteiger partial charge in [0, 0.05) is 30.8 Å². The van der Waals surface area contributed by atoms with Gasteiger partial charge in [-0.2, -0.15) is 4.39 Å². The molecule has 4 nitrogen and oxygen atoms in total. The third-order valence-corrected chi connectivity index (χ3v) is 3.74. The van der Waals surface area contributed by atoms with Gasteiger partial charge in [0.1, 0.15) is 5.82 Å². The Morgan fingerprint density at radius 1 is 1.37 bits per heavy atom. The summed E-state index contributed by atoms with van der Waals surface area (Å²) in [4.78, 5) is 9.75. The topological polar surface area (TPSA) is 55.2 Å². The lowest BCUT2D eigenvalue weighted by Gasteiger charge is -2.38. The van der Waals surface area contributed by atoms with Crippen molar-refractivity contribution in [2.24, 2.45) is 5.41 Å². The van der Waals surface area contributed by atoms with Crippen LogP contribution >= 0.6 is 0 Å². The molecule has 1 fully saturated rings. The van der Waals surface area contributed by atoms with Crippen LogP contribution in [0.5, 0.6) is 0 Å². The molecule has 0 spiro atoms. The van der Waals surface area contributed by atoms with E-state index in [2.05, 4.69) is 12.2 Å². The molecule has 0 heterocycles. The maximum absolute atomic E-state index is 13.5. The first kappa shape index (κ1) is 13.9. The summed E-state index contributed by atoms with van der Waals surface area (Å²) in [6.07, 6.45) is 3.46. The minimum atomic E-state index is -1.14. The number of nitro groups is 1. The first-order valence-corrected chi connectivity index (χ1v) is 6.24. The number of nitro benzene ring substituents is 1. The minimum Gasteiger partial charge on any atom is -0.312 e. The lowest BCUT2D eigenvalue weighted by molar-refractivity contribution is -0.387. The highest BCUT2D eigenvalue weighted by Gasteiger charge is 2.31. The summed E-state index contributed by atoms with van der Waals surface area (Å²) < 4.78 is 26.7. The summed E-state index contributed by atoms with van der Waals surface area (Å²) in [5, 5.41) is 13.7. The van der Waals surface area contributed by atoms with Gasteiger partial charge >= 0.3 is 5.69 Å². The molecule has 0 radical (unpaired) electrons. The molecule has 0 unspecified atom stereocenters. The normalized spacial score (nSPS) is 17.0. The van der Waals surface area contributed by atoms with E-state index in [1.165, 1.54) is 6.42 Å². The van der Waals surface area contributed by atoms with Gasteiger partial charge in [0.05, 0.1) is 4.92 Å². The molecule has 0 saturated heterocycles. The van der Waals surface area contributed by atoms with Crippen LogP contribution in [0.1, 0.15) is 31.7 Å². The molecule has 0 atom stereocenters. The van der Waals surface area contributed by atoms with Crippen LogP contribution < -0.4 is 5.32 Å². The molecule has 1 saturated carbocycles. The second kappa shape index (κ2) is 5.21. The Bertz CT molecular complexity index is 502. The van der Waals surface area contributed by atoms with E-state index < -0.39 is 22.2 Å². The zero-order chi connectivity index (χ0) is 14.0. The lowest BCUT2D eigenvalue weighted by Crippen LogP contribution is -2.37. The molecule has 1 aliphatic rings. The molecule has 19 heavy (non-hydrogen) atoms. The smallest absolute Gasteiger partial charge is 0.305 e. The maximum Gasteiger partial charge on any atom is 0.305 e. The minimum absolute atomic E-state index is 0.121. The monoisotopic (exact) mass is 270 g/mol. The second-order valence-corrected chi connectivity index (χ2v) is 5.42. The van der Waals surface area contributed by atoms with Crippen molar-refractivity contribution in [1.82, 2.24) is 5.32 Å². The summed E-state index contributed by atoms with van der Waals surface area (Å²) in [5.74, 6) is -1.90. The third-order valence-electron chi connectivity index (χ3n) is 3.74. The highest BCUT2D eigenvalue weighted by Crippen LogP contribution is 2.39. The van der Waals surface area contributed by atoms with E-state index in [9.17, 15) is 18.9 Å². The van der Waals surface area contributed by atoms with Crippen molar-refractivity contribution < 1.29 is 13.7 Å². The molecule has 1 N–H and O–H groups in total. The van der Waals surface area contributed by atoms with Gasteiger partial charge in [0.25, 0.3) is 0 Å². The van der Waals surface area contributed by atoms with Crippen LogP contribution in [-0.4, -0.2) is 11.5 Å². The van der Waals surface area contributed by atoms with Gasteiger partial charge in [-0.3, -0.25) is 10.1 Å². The Kier molecular flexibility index (Phi) is 3.80. The van der Waals surface area contributed by atoms with E-state index in [1.54, 1.807) is 0 Å². The van der Waals surface area contributed by atoms with E-state index in [1.807, 2.05) is 0 Å². The quantitative estimate of drug-likeness (QED) is 0.660. The highest BCUT2D eigenvalue weighted by atomic mass is 19.1. The standard InChI is InChI=1S/C13H16F2N2O2/c1-13(3-2-4-13)8-16-7-9-5-12(17(18)19)11(15)6-10(9)14/h5-6,16H,2-4,7-8H2,1H3. The maximum atomic E-state index is 13.5. The highest BCUT2D eigenvalue weighted by molar-refractivity contribution is 5.37. The number of benzene rings is 1. The first-order chi connectivity index (χ1) is 8.91. The Balaban J connectivity index is 2.03. The lowest BCUT2D eigenvalue weighted by atomic mass is 9.70. The molecule has 1 aromatic carbocycles. The number of hydrogen-bond donors (Lipinski definition) is 1. The van der Waals surface area contributed by atoms with Crippen molar-refractivity contribution in [3.63, 3.8) is 0 Å². The number of nitrogens with zero attached hydrogens (tertiary/aromatic N) is 1. The van der Waals surface area contributed by atoms with Crippen LogP contribution in [0.4, 0.5) is 14.5 Å². The van der Waals surface area contributed by atoms with Gasteiger partial charge in [-0.25, -0.2) is 4.39 Å². The molecule has 1 aliphatic carbocycles. The first-order valence-electron chi connectivity index (χ1n) is 6.24. The summed E-state index contributed by atoms with van der Waals surface area (Å²) in [6.45, 7) is 3.05. The Labute approximate surface area is 110 Å². The molecule has 0 amide bonds. The van der Waals surface area contributed by atoms with Gasteiger partial charge in [-0.15, -0.1) is 0 Å². The average molecular weight is 270 g/mol. The Morgan fingerprint density at radius 2 is 2.05 bits per heavy atom. The molecular formula is C13H16F2N2O2. The van der Waals surface area contributed by atoms with Gasteiger partial charge < -0.3 is 5.32 Å². The van der Waals surface area contributed by atoms with Crippen molar-refractivity contribution in [3.8, 4) is 0 Å². The van der Waals surface area contributed by atoms with Crippen LogP contribution in [0.15, 0.2) is 12.1 Å². The van der Waals surface area contributed by atoms with Crippen LogP contribution in [0.25, 0.3) is 0 Å². The Hall–Kier alpha value is -1.56. The van der Waals surface area contributed by atoms with Crippen molar-refractivity contribution in [1.29, 1.82) is 0 Å². The zero-order valence-electron chi connectivity index (χ0n) is 10.7. The summed E-state index contributed by atoms with van der Waals surface area (Å²) >= 11 is 0. The molecule has 0 aromatic heterocycles. The number of hydrogen-bond acceptors (Lipinski definition) is 3. The molecule has 1 aromatic rings. The summed E-state index contributed by atoms with van der Waals surface area (Å²) in [5.41, 5.74) is -0.327. The number of halogens is 2. The average Bonchev–Trinajstić information content (AvgIpc) is 2.29. The van der Waals surface area contributed by atoms with Crippen molar-refractivity contribution >= 4 is 5.69 Å². The van der Waals surface area contributed by atoms with Crippen molar-refractivity contribution in [2.75, 3.05) is 6.54 Å². The van der Waals surface area contributed by atoms with Gasteiger partial charge in [0.2, 0.25) is 5.82 Å². The summed E-state index contributed by atoms with van der Waals surface area (Å²) in [7, 11) is 0. The largest absolute Gasteiger partial charge is 0.312 e. The molecular weight excluding hydrogens is 254 g/mol. The molecule has 0 bridgehead atoms. The molecule has 0 aliphatic heterocycles. The fourth-order valence-electron chi connectivity index (χ4n) is 2.31. The van der Waals surface area contributed by atoms with Gasteiger partial charge in [-0.1, -0.05) is 13.3 Å². The fraction of sp³-hybridized carbons (Fsp3) is 0.538. The Morgan fingerprint density at radius 3 is 2.58 bits per heavy atom. The molecule has 6 heteroatoms. The fourth-order valence-corrected chi connectivity index (χ4v) is 2.31. The van der Waals surface area contributed by atoms with E-state index in [0.717, 1.165) is 25.5 Å². The van der Waals surface area contributed by atoms with Crippen LogP contribution in [-0.2, 0) is 6.54 Å².